The average molecular weight is 664 g/mol. The van der Waals surface area contributed by atoms with Gasteiger partial charge in [0.25, 0.3) is 0 Å². The predicted molar refractivity (Wildman–Crippen MR) is 213 cm³/mol. The van der Waals surface area contributed by atoms with Crippen molar-refractivity contribution in [3.8, 4) is 56.3 Å². The molecule has 0 fully saturated rings. The van der Waals surface area contributed by atoms with E-state index in [9.17, 15) is 0 Å². The van der Waals surface area contributed by atoms with Crippen LogP contribution in [0.4, 0.5) is 0 Å². The molecule has 10 rings (SSSR count). The summed E-state index contributed by atoms with van der Waals surface area (Å²) in [6.45, 7) is 0. The van der Waals surface area contributed by atoms with Crippen molar-refractivity contribution in [2.24, 2.45) is 0 Å². The van der Waals surface area contributed by atoms with E-state index < -0.39 is 0 Å². The summed E-state index contributed by atoms with van der Waals surface area (Å²) < 4.78 is 0. The molecular formula is C47H29N5. The molecule has 0 aliphatic heterocycles. The number of nitrogens with zero attached hydrogens (tertiary/aromatic N) is 5. The Bertz CT molecular complexity index is 2960. The lowest BCUT2D eigenvalue weighted by Crippen LogP contribution is -1.96. The molecule has 0 aliphatic rings. The second kappa shape index (κ2) is 12.3. The Morgan fingerprint density at radius 2 is 0.981 bits per heavy atom. The Morgan fingerprint density at radius 1 is 0.346 bits per heavy atom. The molecule has 0 amide bonds. The van der Waals surface area contributed by atoms with Crippen LogP contribution in [0, 0.1) is 0 Å². The fourth-order valence-corrected chi connectivity index (χ4v) is 7.04. The monoisotopic (exact) mass is 663 g/mol. The van der Waals surface area contributed by atoms with Gasteiger partial charge in [-0.05, 0) is 64.4 Å². The summed E-state index contributed by atoms with van der Waals surface area (Å²) in [5.74, 6) is 0.656. The van der Waals surface area contributed by atoms with Gasteiger partial charge in [-0.1, -0.05) is 121 Å². The summed E-state index contributed by atoms with van der Waals surface area (Å²) in [6.07, 6.45) is 3.62. The van der Waals surface area contributed by atoms with Gasteiger partial charge in [0.1, 0.15) is 0 Å². The van der Waals surface area contributed by atoms with Gasteiger partial charge in [-0.3, -0.25) is 4.98 Å². The number of hydrogen-bond donors (Lipinski definition) is 0. The molecule has 0 saturated carbocycles. The van der Waals surface area contributed by atoms with Crippen LogP contribution in [0.1, 0.15) is 0 Å². The molecule has 0 bridgehead atoms. The highest BCUT2D eigenvalue weighted by molar-refractivity contribution is 6.04. The number of para-hydroxylation sites is 1. The standard InChI is InChI=1S/C47H29N5/c1-2-8-35-27-36(21-16-30(35)7-1)31-14-17-32(18-15-31)41-24-22-33-19-20-34-23-25-42(50-46(34)45(33)49-41)37-9-5-10-38(28-37)47-51-43-13-4-3-12-40(43)44(52-47)39-11-6-26-48-29-39/h1-29H. The Labute approximate surface area is 300 Å². The van der Waals surface area contributed by atoms with Crippen molar-refractivity contribution in [1.29, 1.82) is 0 Å². The highest BCUT2D eigenvalue weighted by Gasteiger charge is 2.14. The van der Waals surface area contributed by atoms with Crippen LogP contribution < -0.4 is 0 Å². The molecule has 0 N–H and O–H groups in total. The van der Waals surface area contributed by atoms with Gasteiger partial charge in [0.2, 0.25) is 0 Å². The minimum atomic E-state index is 0.656. The number of fused-ring (bicyclic) bond motifs is 5. The molecule has 10 aromatic rings. The molecule has 5 nitrogen and oxygen atoms in total. The molecule has 4 aromatic heterocycles. The molecule has 0 unspecified atom stereocenters. The van der Waals surface area contributed by atoms with Gasteiger partial charge in [0.05, 0.1) is 33.6 Å². The Balaban J connectivity index is 1.02. The van der Waals surface area contributed by atoms with Crippen LogP contribution in [0.2, 0.25) is 0 Å². The van der Waals surface area contributed by atoms with E-state index in [2.05, 4.69) is 132 Å². The number of benzene rings is 6. The maximum atomic E-state index is 5.23. The van der Waals surface area contributed by atoms with Crippen LogP contribution in [0.3, 0.4) is 0 Å². The largest absolute Gasteiger partial charge is 0.264 e. The van der Waals surface area contributed by atoms with Gasteiger partial charge < -0.3 is 0 Å². The molecule has 5 heteroatoms. The molecule has 0 atom stereocenters. The van der Waals surface area contributed by atoms with Gasteiger partial charge in [0, 0.05) is 50.8 Å². The van der Waals surface area contributed by atoms with E-state index in [1.54, 1.807) is 6.20 Å². The molecule has 0 saturated heterocycles. The second-order valence-corrected chi connectivity index (χ2v) is 13.0. The van der Waals surface area contributed by atoms with Gasteiger partial charge in [-0.25, -0.2) is 19.9 Å². The smallest absolute Gasteiger partial charge is 0.160 e. The highest BCUT2D eigenvalue weighted by Crippen LogP contribution is 2.33. The Kier molecular flexibility index (Phi) is 7.07. The van der Waals surface area contributed by atoms with Crippen molar-refractivity contribution in [1.82, 2.24) is 24.9 Å². The number of pyridine rings is 3. The van der Waals surface area contributed by atoms with Crippen LogP contribution >= 0.6 is 0 Å². The van der Waals surface area contributed by atoms with Gasteiger partial charge in [-0.15, -0.1) is 0 Å². The van der Waals surface area contributed by atoms with Crippen LogP contribution in [-0.2, 0) is 0 Å². The normalized spacial score (nSPS) is 11.5. The summed E-state index contributed by atoms with van der Waals surface area (Å²) in [6, 6.07) is 56.8. The van der Waals surface area contributed by atoms with Crippen molar-refractivity contribution in [3.63, 3.8) is 0 Å². The zero-order valence-electron chi connectivity index (χ0n) is 28.0. The van der Waals surface area contributed by atoms with Crippen LogP contribution in [0.25, 0.3) is 99.8 Å². The van der Waals surface area contributed by atoms with E-state index in [4.69, 9.17) is 19.9 Å². The minimum absolute atomic E-state index is 0.656. The van der Waals surface area contributed by atoms with Gasteiger partial charge in [-0.2, -0.15) is 0 Å². The molecule has 242 valence electrons. The minimum Gasteiger partial charge on any atom is -0.264 e. The summed E-state index contributed by atoms with van der Waals surface area (Å²) in [5.41, 5.74) is 11.6. The summed E-state index contributed by atoms with van der Waals surface area (Å²) >= 11 is 0. The van der Waals surface area contributed by atoms with E-state index in [-0.39, 0.29) is 0 Å². The van der Waals surface area contributed by atoms with Crippen molar-refractivity contribution in [3.05, 3.63) is 176 Å². The molecule has 0 spiro atoms. The molecule has 6 aromatic carbocycles. The Morgan fingerprint density at radius 3 is 1.77 bits per heavy atom. The third-order valence-electron chi connectivity index (χ3n) is 9.74. The van der Waals surface area contributed by atoms with Crippen LogP contribution in [0.5, 0.6) is 0 Å². The van der Waals surface area contributed by atoms with Crippen molar-refractivity contribution >= 4 is 43.5 Å². The second-order valence-electron chi connectivity index (χ2n) is 13.0. The fraction of sp³-hybridized carbons (Fsp3) is 0. The van der Waals surface area contributed by atoms with E-state index in [0.717, 1.165) is 72.0 Å². The first-order chi connectivity index (χ1) is 25.7. The third kappa shape index (κ3) is 5.32. The molecule has 4 heterocycles. The van der Waals surface area contributed by atoms with Gasteiger partial charge >= 0.3 is 0 Å². The SMILES string of the molecule is c1cc(-c2ccc3ccc4ccc(-c5ccc(-c6ccc7ccccc7c6)cc5)nc4c3n2)cc(-c2nc(-c3cccnc3)c3ccccc3n2)c1. The summed E-state index contributed by atoms with van der Waals surface area (Å²) in [7, 11) is 0. The fourth-order valence-electron chi connectivity index (χ4n) is 7.04. The molecule has 52 heavy (non-hydrogen) atoms. The molecular weight excluding hydrogens is 635 g/mol. The molecule has 0 radical (unpaired) electrons. The Hall–Kier alpha value is -7.11. The number of rotatable bonds is 5. The lowest BCUT2D eigenvalue weighted by atomic mass is 9.99. The van der Waals surface area contributed by atoms with Crippen LogP contribution in [-0.4, -0.2) is 24.9 Å². The van der Waals surface area contributed by atoms with Crippen molar-refractivity contribution in [2.45, 2.75) is 0 Å². The van der Waals surface area contributed by atoms with E-state index in [1.165, 1.54) is 21.9 Å². The number of aromatic nitrogens is 5. The topological polar surface area (TPSA) is 64.5 Å². The van der Waals surface area contributed by atoms with Crippen molar-refractivity contribution in [2.75, 3.05) is 0 Å². The van der Waals surface area contributed by atoms with Gasteiger partial charge in [0.15, 0.2) is 5.82 Å². The van der Waals surface area contributed by atoms with E-state index in [1.807, 2.05) is 42.6 Å². The number of hydrogen-bond acceptors (Lipinski definition) is 5. The lowest BCUT2D eigenvalue weighted by molar-refractivity contribution is 1.22. The predicted octanol–water partition coefficient (Wildman–Crippen LogP) is 11.6. The summed E-state index contributed by atoms with van der Waals surface area (Å²) in [4.78, 5) is 24.8. The molecule has 0 aliphatic carbocycles. The average Bonchev–Trinajstić information content (AvgIpc) is 3.23. The lowest BCUT2D eigenvalue weighted by Gasteiger charge is -2.11. The first-order valence-electron chi connectivity index (χ1n) is 17.3. The highest BCUT2D eigenvalue weighted by atomic mass is 14.9. The zero-order valence-corrected chi connectivity index (χ0v) is 28.0. The zero-order chi connectivity index (χ0) is 34.4. The van der Waals surface area contributed by atoms with Crippen molar-refractivity contribution < 1.29 is 0 Å². The van der Waals surface area contributed by atoms with Crippen LogP contribution in [0.15, 0.2) is 176 Å². The maximum Gasteiger partial charge on any atom is 0.160 e. The quantitative estimate of drug-likeness (QED) is 0.171. The van der Waals surface area contributed by atoms with E-state index in [0.29, 0.717) is 5.82 Å². The third-order valence-corrected chi connectivity index (χ3v) is 9.74. The first kappa shape index (κ1) is 29.8. The first-order valence-corrected chi connectivity index (χ1v) is 17.3. The summed E-state index contributed by atoms with van der Waals surface area (Å²) in [5, 5.41) is 5.57. The maximum absolute atomic E-state index is 5.23. The van der Waals surface area contributed by atoms with E-state index >= 15 is 0 Å².